The topological polar surface area (TPSA) is 367 Å². The van der Waals surface area contributed by atoms with E-state index in [2.05, 4.69) is 66.5 Å². The molecule has 1 heterocycles. The third-order valence-corrected chi connectivity index (χ3v) is 17.4. The molecule has 0 radical (unpaired) electrons. The molecule has 0 bridgehead atoms. The van der Waals surface area contributed by atoms with Crippen LogP contribution in [0.5, 0.6) is 6.01 Å². The Hall–Kier alpha value is -8.80. The van der Waals surface area contributed by atoms with Crippen LogP contribution in [-0.2, 0) is 46.9 Å². The number of anilines is 3. The van der Waals surface area contributed by atoms with E-state index in [0.29, 0.717) is 35.8 Å². The van der Waals surface area contributed by atoms with Crippen LogP contribution in [0, 0.1) is 5.41 Å². The summed E-state index contributed by atoms with van der Waals surface area (Å²) in [6, 6.07) is 30.9. The number of aromatic nitrogens is 3. The van der Waals surface area contributed by atoms with Gasteiger partial charge in [0.05, 0.1) is 27.6 Å². The first-order valence-corrected chi connectivity index (χ1v) is 30.7. The lowest BCUT2D eigenvalue weighted by Gasteiger charge is -2.29. The van der Waals surface area contributed by atoms with E-state index < -0.39 is 72.8 Å². The van der Waals surface area contributed by atoms with Gasteiger partial charge in [-0.2, -0.15) is 53.7 Å². The summed E-state index contributed by atoms with van der Waals surface area (Å²) in [4.78, 5) is 23.5. The molecular weight excluding hydrogens is 1150 g/mol. The van der Waals surface area contributed by atoms with Crippen molar-refractivity contribution >= 4 is 124 Å². The molecule has 0 saturated heterocycles. The molecule has 83 heavy (non-hydrogen) atoms. The molecule has 0 saturated carbocycles. The fraction of sp³-hybridized carbons (Fsp3) is 0.143. The highest BCUT2D eigenvalue weighted by Crippen LogP contribution is 2.42. The molecule has 1 atom stereocenters. The maximum atomic E-state index is 13.8. The minimum absolute atomic E-state index is 0.00159. The number of benzene rings is 8. The fourth-order valence-corrected chi connectivity index (χ4v) is 12.4. The normalized spacial score (nSPS) is 13.7. The lowest BCUT2D eigenvalue weighted by molar-refractivity contribution is 0.103. The Morgan fingerprint density at radius 1 is 0.566 bits per heavy atom. The second-order valence-corrected chi connectivity index (χ2v) is 25.9. The van der Waals surface area contributed by atoms with Crippen LogP contribution in [0.2, 0.25) is 0 Å². The van der Waals surface area contributed by atoms with E-state index in [1.165, 1.54) is 48.5 Å². The van der Waals surface area contributed by atoms with Gasteiger partial charge >= 0.3 is 6.01 Å². The van der Waals surface area contributed by atoms with Gasteiger partial charge in [0.2, 0.25) is 11.9 Å². The Morgan fingerprint density at radius 3 is 1.89 bits per heavy atom. The zero-order valence-electron chi connectivity index (χ0n) is 43.8. The van der Waals surface area contributed by atoms with Crippen molar-refractivity contribution in [2.24, 2.45) is 25.9 Å². The Bertz CT molecular complexity index is 4790. The van der Waals surface area contributed by atoms with Gasteiger partial charge in [0.15, 0.2) is 5.78 Å². The first kappa shape index (κ1) is 57.4. The van der Waals surface area contributed by atoms with Crippen molar-refractivity contribution in [2.45, 2.75) is 65.7 Å². The maximum Gasteiger partial charge on any atom is 0.320 e. The summed E-state index contributed by atoms with van der Waals surface area (Å²) >= 11 is 0. The number of ketones is 1. The SMILES string of the molecule is C=C1c2ccccc2C(=O)c2c(CC(C)(C)CCC(C)Nc3nc(O)nc(Nc4cc5cc(N=Nc6ccc(N=Nc7ccc8c(S(=O)(=O)O)cccc8c7)c7ccc(S(=O)(=O)O)cc67)c(S(=O)(=O)O)cc5cc4S(=O)(=O)O)n3)cccc21. The van der Waals surface area contributed by atoms with Crippen LogP contribution in [0.15, 0.2) is 180 Å². The molecule has 8 aromatic carbocycles. The summed E-state index contributed by atoms with van der Waals surface area (Å²) in [6.45, 7) is 10.3. The van der Waals surface area contributed by atoms with Gasteiger partial charge in [0.25, 0.3) is 40.5 Å². The van der Waals surface area contributed by atoms with Crippen molar-refractivity contribution in [3.05, 3.63) is 168 Å². The predicted octanol–water partition coefficient (Wildman–Crippen LogP) is 12.1. The summed E-state index contributed by atoms with van der Waals surface area (Å²) in [5.74, 6) is -0.561. The molecule has 1 aromatic heterocycles. The molecule has 1 aliphatic rings. The Morgan fingerprint density at radius 2 is 1.18 bits per heavy atom. The first-order chi connectivity index (χ1) is 39.0. The zero-order valence-corrected chi connectivity index (χ0v) is 47.0. The maximum absolute atomic E-state index is 13.8. The molecule has 10 rings (SSSR count). The standard InChI is InChI=1S/C56H47N9O14S4/c1-30(21-22-56(3,4)29-33-10-7-13-39-31(2)38-11-5-6-12-42(38)52(66)51(33)39)57-53-59-54(61-55(67)60-53)58-46-24-34-25-47(50(83(77,78)79)27-35(34)26-49(46)82(74,75)76)65-64-45-20-19-44(41-18-16-37(28-43(41)45)80(68,69)70)63-62-36-15-17-40-32(23-36)9-8-14-48(40)81(71,72)73/h5-20,23-28,30H,2,21-22,29H2,1,3-4H3,(H,68,69,70)(H,71,72,73)(H,74,75,76)(H,77,78,79)(H3,57,58,59,60,61,67). The van der Waals surface area contributed by atoms with Gasteiger partial charge in [-0.3, -0.25) is 23.0 Å². The number of azo groups is 2. The largest absolute Gasteiger partial charge is 0.479 e. The van der Waals surface area contributed by atoms with E-state index in [-0.39, 0.29) is 77.8 Å². The summed E-state index contributed by atoms with van der Waals surface area (Å²) < 4.78 is 141. The van der Waals surface area contributed by atoms with Gasteiger partial charge in [-0.1, -0.05) is 87.2 Å². The summed E-state index contributed by atoms with van der Waals surface area (Å²) in [5, 5.41) is 34.0. The van der Waals surface area contributed by atoms with Gasteiger partial charge in [-0.25, -0.2) is 0 Å². The molecular formula is C56H47N9O14S4. The second-order valence-electron chi connectivity index (χ2n) is 20.3. The van der Waals surface area contributed by atoms with E-state index in [0.717, 1.165) is 58.7 Å². The number of nitrogens with one attached hydrogen (secondary N) is 2. The molecule has 23 nitrogen and oxygen atoms in total. The third kappa shape index (κ3) is 12.2. The number of aromatic hydroxyl groups is 1. The van der Waals surface area contributed by atoms with Crippen LogP contribution >= 0.6 is 0 Å². The molecule has 1 unspecified atom stereocenters. The monoisotopic (exact) mass is 1200 g/mol. The summed E-state index contributed by atoms with van der Waals surface area (Å²) in [6.07, 6.45) is 1.78. The summed E-state index contributed by atoms with van der Waals surface area (Å²) in [7, 11) is -19.7. The number of hydrogen-bond acceptors (Lipinski definition) is 19. The van der Waals surface area contributed by atoms with Gasteiger partial charge in [0.1, 0.15) is 20.4 Å². The van der Waals surface area contributed by atoms with Gasteiger partial charge in [-0.05, 0) is 137 Å². The molecule has 0 aliphatic heterocycles. The van der Waals surface area contributed by atoms with E-state index in [4.69, 9.17) is 0 Å². The molecule has 0 fully saturated rings. The van der Waals surface area contributed by atoms with Crippen LogP contribution in [0.4, 0.5) is 40.3 Å². The van der Waals surface area contributed by atoms with Crippen LogP contribution in [0.25, 0.3) is 37.9 Å². The second kappa shape index (κ2) is 21.5. The molecule has 424 valence electrons. The van der Waals surface area contributed by atoms with E-state index in [9.17, 15) is 61.8 Å². The number of carbonyl (C=O) groups excluding carboxylic acids is 1. The van der Waals surface area contributed by atoms with Crippen LogP contribution in [0.1, 0.15) is 66.2 Å². The Labute approximate surface area is 474 Å². The minimum Gasteiger partial charge on any atom is -0.479 e. The van der Waals surface area contributed by atoms with E-state index >= 15 is 0 Å². The first-order valence-electron chi connectivity index (χ1n) is 24.9. The van der Waals surface area contributed by atoms with Crippen molar-refractivity contribution in [3.8, 4) is 6.01 Å². The Balaban J connectivity index is 0.922. The van der Waals surface area contributed by atoms with Crippen molar-refractivity contribution in [1.29, 1.82) is 0 Å². The number of carbonyl (C=O) groups is 1. The zero-order chi connectivity index (χ0) is 59.6. The van der Waals surface area contributed by atoms with E-state index in [1.54, 1.807) is 12.1 Å². The highest BCUT2D eigenvalue weighted by molar-refractivity contribution is 7.86. The van der Waals surface area contributed by atoms with Crippen molar-refractivity contribution < 1.29 is 61.8 Å². The number of fused-ring (bicyclic) bond motifs is 5. The van der Waals surface area contributed by atoms with E-state index in [1.807, 2.05) is 43.3 Å². The van der Waals surface area contributed by atoms with Crippen molar-refractivity contribution in [2.75, 3.05) is 10.6 Å². The summed E-state index contributed by atoms with van der Waals surface area (Å²) in [5.41, 5.74) is 3.58. The molecule has 7 N–H and O–H groups in total. The van der Waals surface area contributed by atoms with Crippen LogP contribution in [-0.4, -0.2) is 83.8 Å². The molecule has 0 spiro atoms. The van der Waals surface area contributed by atoms with Gasteiger partial charge in [0, 0.05) is 33.3 Å². The average Bonchev–Trinajstić information content (AvgIpc) is 3.56. The van der Waals surface area contributed by atoms with Gasteiger partial charge in [-0.15, -0.1) is 15.3 Å². The minimum atomic E-state index is -5.17. The third-order valence-electron chi connectivity index (χ3n) is 13.8. The molecule has 27 heteroatoms. The highest BCUT2D eigenvalue weighted by atomic mass is 32.2. The number of nitrogens with zero attached hydrogens (tertiary/aromatic N) is 7. The molecule has 9 aromatic rings. The number of rotatable bonds is 17. The molecule has 0 amide bonds. The lowest BCUT2D eigenvalue weighted by Crippen LogP contribution is -2.24. The Kier molecular flexibility index (Phi) is 14.9. The highest BCUT2D eigenvalue weighted by Gasteiger charge is 2.31. The number of hydrogen-bond donors (Lipinski definition) is 7. The van der Waals surface area contributed by atoms with Gasteiger partial charge < -0.3 is 15.7 Å². The fourth-order valence-electron chi connectivity index (χ4n) is 9.87. The quantitative estimate of drug-likeness (QED) is 0.0329. The lowest BCUT2D eigenvalue weighted by atomic mass is 9.75. The average molecular weight is 1200 g/mol. The van der Waals surface area contributed by atoms with Crippen LogP contribution in [0.3, 0.4) is 0 Å². The smallest absolute Gasteiger partial charge is 0.320 e. The predicted molar refractivity (Wildman–Crippen MR) is 308 cm³/mol. The van der Waals surface area contributed by atoms with Crippen molar-refractivity contribution in [3.63, 3.8) is 0 Å². The molecule has 1 aliphatic carbocycles. The van der Waals surface area contributed by atoms with Crippen molar-refractivity contribution in [1.82, 2.24) is 15.0 Å². The van der Waals surface area contributed by atoms with Crippen LogP contribution < -0.4 is 10.6 Å².